The normalized spacial score (nSPS) is 18.0. The number of aryl methyl sites for hydroxylation is 1. The summed E-state index contributed by atoms with van der Waals surface area (Å²) in [7, 11) is -3.25. The van der Waals surface area contributed by atoms with E-state index in [1.807, 2.05) is 6.92 Å². The van der Waals surface area contributed by atoms with Crippen LogP contribution >= 0.6 is 0 Å². The number of isocyanates is 1. The highest BCUT2D eigenvalue weighted by Crippen LogP contribution is 2.43. The van der Waals surface area contributed by atoms with Gasteiger partial charge in [0.1, 0.15) is 0 Å². The lowest BCUT2D eigenvalue weighted by molar-refractivity contribution is 0.452. The van der Waals surface area contributed by atoms with Gasteiger partial charge < -0.3 is 0 Å². The average molecular weight is 279 g/mol. The van der Waals surface area contributed by atoms with E-state index >= 15 is 0 Å². The molecule has 0 atom stereocenters. The lowest BCUT2D eigenvalue weighted by Crippen LogP contribution is -2.21. The van der Waals surface area contributed by atoms with E-state index in [1.54, 1.807) is 24.3 Å². The van der Waals surface area contributed by atoms with E-state index < -0.39 is 15.4 Å². The van der Waals surface area contributed by atoms with Crippen molar-refractivity contribution in [2.24, 2.45) is 4.99 Å². The molecule has 1 aromatic rings. The molecule has 1 fully saturated rings. The highest BCUT2D eigenvalue weighted by atomic mass is 32.2. The summed E-state index contributed by atoms with van der Waals surface area (Å²) in [5.74, 6) is 0. The molecule has 0 aromatic heterocycles. The second kappa shape index (κ2) is 4.91. The summed E-state index contributed by atoms with van der Waals surface area (Å²) in [6.07, 6.45) is 6.38. The van der Waals surface area contributed by atoms with Crippen LogP contribution < -0.4 is 0 Å². The molecule has 0 amide bonds. The Hall–Kier alpha value is -1.45. The topological polar surface area (TPSA) is 63.6 Å². The predicted molar refractivity (Wildman–Crippen MR) is 72.6 cm³/mol. The van der Waals surface area contributed by atoms with E-state index in [-0.39, 0.29) is 4.90 Å². The fraction of sp³-hybridized carbons (Fsp3) is 0.500. The second-order valence-corrected chi connectivity index (χ2v) is 7.21. The lowest BCUT2D eigenvalue weighted by atomic mass is 9.86. The van der Waals surface area contributed by atoms with Crippen LogP contribution in [0.5, 0.6) is 0 Å². The third kappa shape index (κ3) is 2.62. The van der Waals surface area contributed by atoms with Crippen molar-refractivity contribution in [1.82, 2.24) is 0 Å². The molecule has 0 radical (unpaired) electrons. The van der Waals surface area contributed by atoms with E-state index in [0.717, 1.165) is 36.8 Å². The molecule has 5 heteroatoms. The molecule has 0 spiro atoms. The van der Waals surface area contributed by atoms with Gasteiger partial charge in [-0.3, -0.25) is 0 Å². The molecule has 2 rings (SSSR count). The van der Waals surface area contributed by atoms with E-state index in [9.17, 15) is 13.2 Å². The van der Waals surface area contributed by atoms with Gasteiger partial charge >= 0.3 is 0 Å². The van der Waals surface area contributed by atoms with Gasteiger partial charge in [-0.2, -0.15) is 4.99 Å². The number of nitrogens with zero attached hydrogens (tertiary/aromatic N) is 1. The highest BCUT2D eigenvalue weighted by molar-refractivity contribution is 7.90. The van der Waals surface area contributed by atoms with Crippen LogP contribution in [-0.4, -0.2) is 20.8 Å². The molecule has 0 N–H and O–H groups in total. The van der Waals surface area contributed by atoms with Gasteiger partial charge in [0, 0.05) is 6.26 Å². The first-order chi connectivity index (χ1) is 8.89. The first-order valence-corrected chi connectivity index (χ1v) is 8.18. The maximum atomic E-state index is 11.7. The number of benzene rings is 1. The van der Waals surface area contributed by atoms with E-state index in [1.165, 1.54) is 6.26 Å². The van der Waals surface area contributed by atoms with Gasteiger partial charge in [0.05, 0.1) is 10.4 Å². The van der Waals surface area contributed by atoms with Crippen LogP contribution in [0, 0.1) is 6.92 Å². The Morgan fingerprint density at radius 3 is 2.42 bits per heavy atom. The van der Waals surface area contributed by atoms with Crippen LogP contribution in [0.15, 0.2) is 28.1 Å². The third-order valence-corrected chi connectivity index (χ3v) is 4.94. The number of hydrogen-bond donors (Lipinski definition) is 0. The molecule has 0 heterocycles. The van der Waals surface area contributed by atoms with Crippen molar-refractivity contribution in [2.45, 2.75) is 43.0 Å². The summed E-state index contributed by atoms with van der Waals surface area (Å²) < 4.78 is 23.3. The van der Waals surface area contributed by atoms with Gasteiger partial charge in [-0.1, -0.05) is 18.9 Å². The van der Waals surface area contributed by atoms with E-state index in [4.69, 9.17) is 0 Å². The van der Waals surface area contributed by atoms with Crippen LogP contribution in [-0.2, 0) is 20.2 Å². The molecule has 102 valence electrons. The van der Waals surface area contributed by atoms with Crippen molar-refractivity contribution in [1.29, 1.82) is 0 Å². The molecular formula is C14H17NO3S. The first-order valence-electron chi connectivity index (χ1n) is 6.29. The maximum absolute atomic E-state index is 11.7. The fourth-order valence-electron chi connectivity index (χ4n) is 2.82. The van der Waals surface area contributed by atoms with E-state index in [2.05, 4.69) is 4.99 Å². The van der Waals surface area contributed by atoms with Crippen molar-refractivity contribution in [3.63, 3.8) is 0 Å². The number of carbonyl (C=O) groups excluding carboxylic acids is 1. The zero-order valence-electron chi connectivity index (χ0n) is 11.1. The number of rotatable bonds is 3. The summed E-state index contributed by atoms with van der Waals surface area (Å²) in [6, 6.07) is 5.05. The fourth-order valence-corrected chi connectivity index (χ4v) is 3.47. The molecule has 0 bridgehead atoms. The van der Waals surface area contributed by atoms with Crippen LogP contribution in [0.4, 0.5) is 0 Å². The SMILES string of the molecule is Cc1ccc(S(C)(=O)=O)cc1C1(N=C=O)CCCC1. The highest BCUT2D eigenvalue weighted by Gasteiger charge is 2.37. The van der Waals surface area contributed by atoms with Crippen LogP contribution in [0.25, 0.3) is 0 Å². The molecule has 1 saturated carbocycles. The molecule has 0 unspecified atom stereocenters. The Morgan fingerprint density at radius 1 is 1.26 bits per heavy atom. The zero-order chi connectivity index (χ0) is 14.1. The first kappa shape index (κ1) is 14.0. The summed E-state index contributed by atoms with van der Waals surface area (Å²) in [5, 5.41) is 0. The second-order valence-electron chi connectivity index (χ2n) is 5.19. The third-order valence-electron chi connectivity index (χ3n) is 3.83. The Balaban J connectivity index is 2.63. The summed E-state index contributed by atoms with van der Waals surface area (Å²) in [4.78, 5) is 15.0. The molecule has 0 aliphatic heterocycles. The van der Waals surface area contributed by atoms with Crippen molar-refractivity contribution >= 4 is 15.9 Å². The molecule has 1 aliphatic rings. The summed E-state index contributed by atoms with van der Waals surface area (Å²) in [5.41, 5.74) is 1.23. The molecule has 1 aromatic carbocycles. The Bertz CT molecular complexity index is 637. The predicted octanol–water partition coefficient (Wildman–Crippen LogP) is 2.50. The molecule has 4 nitrogen and oxygen atoms in total. The monoisotopic (exact) mass is 279 g/mol. The van der Waals surface area contributed by atoms with Gasteiger partial charge in [0.25, 0.3) is 0 Å². The number of aliphatic imine (C=N–C) groups is 1. The van der Waals surface area contributed by atoms with Gasteiger partial charge in [0.15, 0.2) is 9.84 Å². The molecule has 0 saturated heterocycles. The van der Waals surface area contributed by atoms with Crippen molar-refractivity contribution in [2.75, 3.05) is 6.26 Å². The minimum absolute atomic E-state index is 0.278. The quantitative estimate of drug-likeness (QED) is 0.631. The minimum Gasteiger partial charge on any atom is -0.224 e. The zero-order valence-corrected chi connectivity index (χ0v) is 12.0. The van der Waals surface area contributed by atoms with Gasteiger partial charge in [-0.25, -0.2) is 13.2 Å². The van der Waals surface area contributed by atoms with Crippen LogP contribution in [0.2, 0.25) is 0 Å². The van der Waals surface area contributed by atoms with Crippen molar-refractivity contribution in [3.8, 4) is 0 Å². The standard InChI is InChI=1S/C14H17NO3S/c1-11-5-6-12(19(2,17)18)9-13(11)14(15-10-16)7-3-4-8-14/h5-6,9H,3-4,7-8H2,1-2H3. The van der Waals surface area contributed by atoms with Crippen LogP contribution in [0.1, 0.15) is 36.8 Å². The van der Waals surface area contributed by atoms with Gasteiger partial charge in [0.2, 0.25) is 6.08 Å². The van der Waals surface area contributed by atoms with Crippen LogP contribution in [0.3, 0.4) is 0 Å². The smallest absolute Gasteiger partial charge is 0.224 e. The van der Waals surface area contributed by atoms with Gasteiger partial charge in [-0.05, 0) is 43.0 Å². The number of sulfone groups is 1. The van der Waals surface area contributed by atoms with Crippen molar-refractivity contribution < 1.29 is 13.2 Å². The summed E-state index contributed by atoms with van der Waals surface area (Å²) in [6.45, 7) is 1.92. The van der Waals surface area contributed by atoms with E-state index in [0.29, 0.717) is 0 Å². The van der Waals surface area contributed by atoms with Gasteiger partial charge in [-0.15, -0.1) is 0 Å². The largest absolute Gasteiger partial charge is 0.235 e. The Morgan fingerprint density at radius 2 is 1.89 bits per heavy atom. The summed E-state index contributed by atoms with van der Waals surface area (Å²) >= 11 is 0. The molecular weight excluding hydrogens is 262 g/mol. The maximum Gasteiger partial charge on any atom is 0.235 e. The Kier molecular flexibility index (Phi) is 3.61. The van der Waals surface area contributed by atoms with Crippen molar-refractivity contribution in [3.05, 3.63) is 29.3 Å². The lowest BCUT2D eigenvalue weighted by Gasteiger charge is -2.25. The Labute approximate surface area is 113 Å². The minimum atomic E-state index is -3.25. The average Bonchev–Trinajstić information content (AvgIpc) is 2.78. The molecule has 1 aliphatic carbocycles. The number of hydrogen-bond acceptors (Lipinski definition) is 4. The molecule has 19 heavy (non-hydrogen) atoms.